The number of halogens is 2. The van der Waals surface area contributed by atoms with Gasteiger partial charge in [0.05, 0.1) is 12.2 Å². The third-order valence-electron chi connectivity index (χ3n) is 9.48. The van der Waals surface area contributed by atoms with Gasteiger partial charge in [-0.25, -0.2) is 14.8 Å². The fourth-order valence-electron chi connectivity index (χ4n) is 6.18. The summed E-state index contributed by atoms with van der Waals surface area (Å²) >= 11 is 3.61. The topological polar surface area (TPSA) is 172 Å². The normalized spacial score (nSPS) is 15.7. The highest BCUT2D eigenvalue weighted by molar-refractivity contribution is 7.10. The number of hydrogen-bond donors (Lipinski definition) is 4. The molecule has 0 aromatic carbocycles. The zero-order valence-corrected chi connectivity index (χ0v) is 35.8. The van der Waals surface area contributed by atoms with Crippen molar-refractivity contribution in [3.63, 3.8) is 0 Å². The van der Waals surface area contributed by atoms with E-state index >= 15 is 0 Å². The van der Waals surface area contributed by atoms with Crippen LogP contribution in [0.2, 0.25) is 0 Å². The molecule has 0 spiro atoms. The third-order valence-corrected chi connectivity index (χ3v) is 11.3. The molecule has 2 fully saturated rings. The summed E-state index contributed by atoms with van der Waals surface area (Å²) < 4.78 is 11.5. The zero-order chi connectivity index (χ0) is 39.8. The molecule has 316 valence electrons. The van der Waals surface area contributed by atoms with Crippen LogP contribution < -0.4 is 16.0 Å². The summed E-state index contributed by atoms with van der Waals surface area (Å²) in [5, 5.41) is 21.3. The number of nitrogens with one attached hydrogen (secondary N) is 3. The molecular weight excluding hydrogens is 836 g/mol. The van der Waals surface area contributed by atoms with Crippen molar-refractivity contribution in [2.45, 2.75) is 63.6 Å². The average Bonchev–Trinajstić information content (AvgIpc) is 3.90. The van der Waals surface area contributed by atoms with Gasteiger partial charge in [0.1, 0.15) is 11.6 Å². The number of pyridine rings is 2. The van der Waals surface area contributed by atoms with E-state index < -0.39 is 5.97 Å². The molecule has 8 heterocycles. The van der Waals surface area contributed by atoms with E-state index in [1.54, 1.807) is 34.6 Å². The van der Waals surface area contributed by atoms with Gasteiger partial charge in [-0.1, -0.05) is 12.1 Å². The number of amides is 3. The predicted octanol–water partition coefficient (Wildman–Crippen LogP) is 6.48. The van der Waals surface area contributed by atoms with E-state index in [2.05, 4.69) is 60.9 Å². The number of aliphatic carboxylic acids is 1. The van der Waals surface area contributed by atoms with Crippen LogP contribution in [0.1, 0.15) is 57.7 Å². The number of thiophene rings is 2. The number of aryl methyl sites for hydroxylation is 4. The Hall–Kier alpha value is -4.48. The minimum Gasteiger partial charge on any atom is -0.478 e. The number of hydrogen-bond acceptors (Lipinski definition) is 11. The van der Waals surface area contributed by atoms with Gasteiger partial charge in [-0.2, -0.15) is 0 Å². The summed E-state index contributed by atoms with van der Waals surface area (Å²) in [5.41, 5.74) is 3.53. The van der Waals surface area contributed by atoms with Crippen LogP contribution in [0, 0.1) is 0 Å². The van der Waals surface area contributed by atoms with Crippen LogP contribution >= 0.6 is 47.5 Å². The number of rotatable bonds is 14. The molecular formula is C42H50Cl2N6O7S2. The van der Waals surface area contributed by atoms with Crippen molar-refractivity contribution in [1.29, 1.82) is 0 Å². The Bertz CT molecular complexity index is 2020. The number of anilines is 2. The second-order valence-corrected chi connectivity index (χ2v) is 16.0. The van der Waals surface area contributed by atoms with Crippen LogP contribution in [0.15, 0.2) is 71.7 Å². The molecule has 0 radical (unpaired) electrons. The summed E-state index contributed by atoms with van der Waals surface area (Å²) in [4.78, 5) is 58.1. The zero-order valence-electron chi connectivity index (χ0n) is 32.5. The largest absolute Gasteiger partial charge is 0.478 e. The van der Waals surface area contributed by atoms with Gasteiger partial charge in [-0.05, 0) is 108 Å². The number of ether oxygens (including phenoxy) is 2. The molecule has 0 aliphatic carbocycles. The number of carbonyl (C=O) groups is 4. The Morgan fingerprint density at radius 3 is 1.73 bits per heavy atom. The van der Waals surface area contributed by atoms with Crippen molar-refractivity contribution in [2.75, 3.05) is 50.0 Å². The van der Waals surface area contributed by atoms with Gasteiger partial charge < -0.3 is 35.4 Å². The van der Waals surface area contributed by atoms with Crippen LogP contribution in [0.5, 0.6) is 0 Å². The van der Waals surface area contributed by atoms with Gasteiger partial charge in [-0.15, -0.1) is 47.5 Å². The summed E-state index contributed by atoms with van der Waals surface area (Å²) in [6.07, 6.45) is 16.4. The lowest BCUT2D eigenvalue weighted by Gasteiger charge is -2.38. The van der Waals surface area contributed by atoms with E-state index in [1.807, 2.05) is 23.5 Å². The van der Waals surface area contributed by atoms with E-state index in [4.69, 9.17) is 14.6 Å². The highest BCUT2D eigenvalue weighted by atomic mass is 35.5. The second-order valence-electron chi connectivity index (χ2n) is 13.9. The summed E-state index contributed by atoms with van der Waals surface area (Å²) in [6.45, 7) is 5.02. The molecule has 4 aromatic heterocycles. The van der Waals surface area contributed by atoms with Crippen molar-refractivity contribution in [3.8, 4) is 0 Å². The van der Waals surface area contributed by atoms with Gasteiger partial charge in [0.15, 0.2) is 0 Å². The molecule has 0 saturated carbocycles. The molecule has 4 aliphatic rings. The predicted molar refractivity (Wildman–Crippen MR) is 237 cm³/mol. The molecule has 2 saturated heterocycles. The molecule has 4 aliphatic heterocycles. The monoisotopic (exact) mass is 884 g/mol. The van der Waals surface area contributed by atoms with E-state index in [-0.39, 0.29) is 48.6 Å². The first-order valence-corrected chi connectivity index (χ1v) is 21.0. The van der Waals surface area contributed by atoms with Gasteiger partial charge >= 0.3 is 5.97 Å². The Kier molecular flexibility index (Phi) is 19.7. The number of carbonyl (C=O) groups excluding carboxylic acids is 3. The van der Waals surface area contributed by atoms with Crippen molar-refractivity contribution in [3.05, 3.63) is 104 Å². The Labute approximate surface area is 364 Å². The lowest BCUT2D eigenvalue weighted by atomic mass is 10.0. The maximum absolute atomic E-state index is 12.3. The fraction of sp³-hybridized carbons (Fsp3) is 0.381. The number of carboxylic acid groups (broad SMARTS) is 1. The minimum absolute atomic E-state index is 0. The highest BCUT2D eigenvalue weighted by Gasteiger charge is 2.30. The molecule has 0 bridgehead atoms. The third kappa shape index (κ3) is 15.6. The summed E-state index contributed by atoms with van der Waals surface area (Å²) in [6, 6.07) is 12.3. The van der Waals surface area contributed by atoms with Crippen molar-refractivity contribution in [1.82, 2.24) is 20.2 Å². The maximum atomic E-state index is 12.3. The van der Waals surface area contributed by atoms with Crippen LogP contribution in [-0.4, -0.2) is 95.3 Å². The number of aromatic nitrogens is 2. The van der Waals surface area contributed by atoms with Crippen molar-refractivity contribution in [2.24, 2.45) is 0 Å². The number of fused-ring (bicyclic) bond motifs is 2. The van der Waals surface area contributed by atoms with E-state index in [0.717, 1.165) is 80.3 Å². The van der Waals surface area contributed by atoms with Crippen molar-refractivity contribution >= 4 is 95.0 Å². The lowest BCUT2D eigenvalue weighted by Crippen LogP contribution is -2.54. The average molecular weight is 886 g/mol. The molecule has 3 amide bonds. The molecule has 59 heavy (non-hydrogen) atoms. The molecule has 4 N–H and O–H groups in total. The van der Waals surface area contributed by atoms with Gasteiger partial charge in [0.2, 0.25) is 17.7 Å². The summed E-state index contributed by atoms with van der Waals surface area (Å²) in [5.74, 6) is 0.161. The van der Waals surface area contributed by atoms with E-state index in [1.165, 1.54) is 22.0 Å². The van der Waals surface area contributed by atoms with Crippen LogP contribution in [0.3, 0.4) is 0 Å². The maximum Gasteiger partial charge on any atom is 0.328 e. The Morgan fingerprint density at radius 1 is 0.763 bits per heavy atom. The smallest absolute Gasteiger partial charge is 0.328 e. The minimum atomic E-state index is -0.994. The lowest BCUT2D eigenvalue weighted by molar-refractivity contribution is -0.139. The SMILES string of the molecule is Cl.Cl.O=C(O)/C=C/c1cnc2c(c1)CCC(=O)N2.O=C1CCc2cc(/C=C/C(=O)N3CC(OCCCc4cccs4)C3)cnc2N1.c1csc(CCCOC2CNC2)c1. The fourth-order valence-corrected chi connectivity index (χ4v) is 7.68. The molecule has 4 aromatic rings. The molecule has 17 heteroatoms. The first kappa shape index (κ1) is 47.2. The van der Waals surface area contributed by atoms with Gasteiger partial charge in [0.25, 0.3) is 0 Å². The number of nitrogens with zero attached hydrogens (tertiary/aromatic N) is 3. The Balaban J connectivity index is 0.000000211. The second kappa shape index (κ2) is 24.6. The van der Waals surface area contributed by atoms with Gasteiger partial charge in [-0.3, -0.25) is 14.4 Å². The molecule has 0 unspecified atom stereocenters. The van der Waals surface area contributed by atoms with E-state index in [0.29, 0.717) is 56.5 Å². The number of carboxylic acids is 1. The quantitative estimate of drug-likeness (QED) is 0.0812. The summed E-state index contributed by atoms with van der Waals surface area (Å²) in [7, 11) is 0. The Morgan fingerprint density at radius 2 is 1.27 bits per heavy atom. The molecule has 0 atom stereocenters. The molecule has 8 rings (SSSR count). The van der Waals surface area contributed by atoms with Crippen LogP contribution in [0.4, 0.5) is 11.6 Å². The van der Waals surface area contributed by atoms with Crippen LogP contribution in [0.25, 0.3) is 12.2 Å². The number of likely N-dealkylation sites (tertiary alicyclic amines) is 1. The van der Waals surface area contributed by atoms with Crippen molar-refractivity contribution < 1.29 is 33.8 Å². The van der Waals surface area contributed by atoms with E-state index in [9.17, 15) is 19.2 Å². The standard InChI is InChI=1S/C21H23N3O3S.C11H10N2O3.C10H15NOS.2ClH/c25-19-7-6-16-11-15(12-22-21(16)23-19)5-8-20(26)24-13-17(14-24)27-9-1-3-18-4-2-10-28-18;14-9-3-2-8-5-7(1-4-10(15)16)6-12-11(8)13-9;1(3-10-4-2-6-13-10)5-12-9-7-11-8-9;;/h2,4-5,8,10-12,17H,1,3,6-7,9,13-14H2,(H,22,23,25);1,4-6H,2-3H2,(H,15,16)(H,12,13,14);2,4,6,9,11H,1,3,5,7-8H2;2*1H/b8-5+;4-1+;;;. The van der Waals surface area contributed by atoms with Gasteiger partial charge in [0, 0.05) is 86.5 Å². The molecule has 13 nitrogen and oxygen atoms in total. The first-order valence-electron chi connectivity index (χ1n) is 19.2. The highest BCUT2D eigenvalue weighted by Crippen LogP contribution is 2.23. The first-order chi connectivity index (χ1) is 27.8. The van der Waals surface area contributed by atoms with Crippen LogP contribution in [-0.2, 0) is 54.3 Å².